The van der Waals surface area contributed by atoms with E-state index in [0.717, 1.165) is 16.9 Å². The van der Waals surface area contributed by atoms with E-state index < -0.39 is 10.9 Å². The normalized spacial score (nSPS) is 17.8. The van der Waals surface area contributed by atoms with Gasteiger partial charge in [0.05, 0.1) is 17.1 Å². The Morgan fingerprint density at radius 1 is 1.03 bits per heavy atom. The molecule has 0 amide bonds. The van der Waals surface area contributed by atoms with Crippen molar-refractivity contribution in [2.75, 3.05) is 7.11 Å². The van der Waals surface area contributed by atoms with Crippen molar-refractivity contribution in [3.8, 4) is 17.2 Å². The standard InChI is InChI=1S/C23H17Br3O4/c1-28-23-17(24)11-16-20(27)18(25)21(30-22(16)19(23)26)14-7-9-15(10-8-14)29-12-13-5-3-2-4-6-13/h2-11,18,21H,12H2,1H3. The molecule has 4 rings (SSSR count). The Morgan fingerprint density at radius 3 is 2.40 bits per heavy atom. The van der Waals surface area contributed by atoms with Crippen molar-refractivity contribution in [1.29, 1.82) is 0 Å². The Morgan fingerprint density at radius 2 is 1.73 bits per heavy atom. The molecule has 0 bridgehead atoms. The van der Waals surface area contributed by atoms with Gasteiger partial charge in [-0.15, -0.1) is 0 Å². The van der Waals surface area contributed by atoms with Crippen LogP contribution in [0.25, 0.3) is 0 Å². The fourth-order valence-corrected chi connectivity index (χ4v) is 5.47. The minimum absolute atomic E-state index is 0.0466. The number of ketones is 1. The number of carbonyl (C=O) groups excluding carboxylic acids is 1. The molecule has 0 aromatic heterocycles. The third kappa shape index (κ3) is 4.15. The molecule has 2 atom stereocenters. The lowest BCUT2D eigenvalue weighted by molar-refractivity contribution is 0.0870. The van der Waals surface area contributed by atoms with Crippen molar-refractivity contribution in [1.82, 2.24) is 0 Å². The number of hydrogen-bond donors (Lipinski definition) is 0. The van der Waals surface area contributed by atoms with Crippen molar-refractivity contribution in [3.05, 3.63) is 86.3 Å². The summed E-state index contributed by atoms with van der Waals surface area (Å²) in [6, 6.07) is 19.3. The maximum Gasteiger partial charge on any atom is 0.184 e. The van der Waals surface area contributed by atoms with Crippen LogP contribution >= 0.6 is 47.8 Å². The van der Waals surface area contributed by atoms with Gasteiger partial charge in [0.15, 0.2) is 11.5 Å². The summed E-state index contributed by atoms with van der Waals surface area (Å²) in [5.74, 6) is 1.76. The van der Waals surface area contributed by atoms with Gasteiger partial charge in [0.1, 0.15) is 33.5 Å². The van der Waals surface area contributed by atoms with Crippen LogP contribution in [-0.2, 0) is 6.61 Å². The largest absolute Gasteiger partial charge is 0.494 e. The molecule has 0 radical (unpaired) electrons. The molecule has 1 aliphatic rings. The fourth-order valence-electron chi connectivity index (χ4n) is 3.27. The van der Waals surface area contributed by atoms with Crippen LogP contribution in [0.5, 0.6) is 17.2 Å². The van der Waals surface area contributed by atoms with Gasteiger partial charge in [-0.2, -0.15) is 0 Å². The highest BCUT2D eigenvalue weighted by molar-refractivity contribution is 9.11. The first kappa shape index (κ1) is 21.4. The van der Waals surface area contributed by atoms with Gasteiger partial charge in [-0.25, -0.2) is 0 Å². The third-order valence-corrected chi connectivity index (χ3v) is 7.02. The Labute approximate surface area is 199 Å². The number of Topliss-reactive ketones (excluding diaryl/α,β-unsaturated/α-hetero) is 1. The third-order valence-electron chi connectivity index (χ3n) is 4.82. The van der Waals surface area contributed by atoms with E-state index in [1.807, 2.05) is 54.6 Å². The summed E-state index contributed by atoms with van der Waals surface area (Å²) < 4.78 is 18.8. The molecule has 3 aromatic rings. The van der Waals surface area contributed by atoms with Gasteiger partial charge in [-0.3, -0.25) is 4.79 Å². The first-order valence-electron chi connectivity index (χ1n) is 9.17. The van der Waals surface area contributed by atoms with Crippen LogP contribution in [0.15, 0.2) is 69.6 Å². The molecule has 7 heteroatoms. The van der Waals surface area contributed by atoms with E-state index >= 15 is 0 Å². The first-order chi connectivity index (χ1) is 14.5. The summed E-state index contributed by atoms with van der Waals surface area (Å²) in [5.41, 5.74) is 2.47. The van der Waals surface area contributed by atoms with Gasteiger partial charge in [-0.05, 0) is 61.2 Å². The van der Waals surface area contributed by atoms with Crippen molar-refractivity contribution < 1.29 is 19.0 Å². The maximum absolute atomic E-state index is 13.0. The Hall–Kier alpha value is -1.83. The SMILES string of the molecule is COc1c(Br)cc2c(c1Br)OC(c1ccc(OCc3ccccc3)cc1)C(Br)C2=O. The zero-order valence-electron chi connectivity index (χ0n) is 15.9. The molecular weight excluding hydrogens is 580 g/mol. The summed E-state index contributed by atoms with van der Waals surface area (Å²) in [5, 5.41) is 0. The number of halogens is 3. The summed E-state index contributed by atoms with van der Waals surface area (Å²) in [6.07, 6.45) is -0.477. The number of benzene rings is 3. The van der Waals surface area contributed by atoms with E-state index in [1.165, 1.54) is 0 Å². The molecule has 1 heterocycles. The number of carbonyl (C=O) groups is 1. The highest BCUT2D eigenvalue weighted by Gasteiger charge is 2.38. The monoisotopic (exact) mass is 594 g/mol. The van der Waals surface area contributed by atoms with Gasteiger partial charge < -0.3 is 14.2 Å². The van der Waals surface area contributed by atoms with Crippen LogP contribution < -0.4 is 14.2 Å². The van der Waals surface area contributed by atoms with Gasteiger partial charge in [0.25, 0.3) is 0 Å². The number of alkyl halides is 1. The highest BCUT2D eigenvalue weighted by atomic mass is 79.9. The molecule has 0 saturated carbocycles. The van der Waals surface area contributed by atoms with Gasteiger partial charge in [-0.1, -0.05) is 58.4 Å². The molecule has 0 fully saturated rings. The van der Waals surface area contributed by atoms with Crippen molar-refractivity contribution in [2.24, 2.45) is 0 Å². The molecule has 0 aliphatic carbocycles. The van der Waals surface area contributed by atoms with Gasteiger partial charge in [0, 0.05) is 0 Å². The fraction of sp³-hybridized carbons (Fsp3) is 0.174. The lowest BCUT2D eigenvalue weighted by Gasteiger charge is -2.31. The molecule has 2 unspecified atom stereocenters. The Kier molecular flexibility index (Phi) is 6.51. The van der Waals surface area contributed by atoms with E-state index in [2.05, 4.69) is 47.8 Å². The summed E-state index contributed by atoms with van der Waals surface area (Å²) in [6.45, 7) is 0.495. The molecule has 0 N–H and O–H groups in total. The predicted molar refractivity (Wildman–Crippen MR) is 126 cm³/mol. The predicted octanol–water partition coefficient (Wildman–Crippen LogP) is 6.88. The maximum atomic E-state index is 13.0. The summed E-state index contributed by atoms with van der Waals surface area (Å²) >= 11 is 10.5. The molecule has 4 nitrogen and oxygen atoms in total. The average Bonchev–Trinajstić information content (AvgIpc) is 2.77. The number of rotatable bonds is 5. The molecule has 1 aliphatic heterocycles. The van der Waals surface area contributed by atoms with Crippen LogP contribution in [0, 0.1) is 0 Å². The zero-order valence-corrected chi connectivity index (χ0v) is 20.7. The van der Waals surface area contributed by atoms with Crippen LogP contribution in [0.2, 0.25) is 0 Å². The van der Waals surface area contributed by atoms with Crippen molar-refractivity contribution in [3.63, 3.8) is 0 Å². The molecule has 3 aromatic carbocycles. The first-order valence-corrected chi connectivity index (χ1v) is 11.7. The summed E-state index contributed by atoms with van der Waals surface area (Å²) in [7, 11) is 1.57. The molecule has 154 valence electrons. The molecule has 0 saturated heterocycles. The van der Waals surface area contributed by atoms with Gasteiger partial charge in [0.2, 0.25) is 0 Å². The minimum atomic E-state index is -0.506. The van der Waals surface area contributed by atoms with E-state index in [9.17, 15) is 4.79 Å². The second-order valence-corrected chi connectivity index (χ2v) is 9.36. The number of methoxy groups -OCH3 is 1. The molecule has 30 heavy (non-hydrogen) atoms. The number of hydrogen-bond acceptors (Lipinski definition) is 4. The van der Waals surface area contributed by atoms with Crippen LogP contribution in [0.4, 0.5) is 0 Å². The van der Waals surface area contributed by atoms with Crippen LogP contribution in [-0.4, -0.2) is 17.7 Å². The second-order valence-electron chi connectivity index (χ2n) is 6.73. The van der Waals surface area contributed by atoms with Crippen molar-refractivity contribution in [2.45, 2.75) is 17.5 Å². The van der Waals surface area contributed by atoms with Crippen LogP contribution in [0.3, 0.4) is 0 Å². The number of fused-ring (bicyclic) bond motifs is 1. The Balaban J connectivity index is 1.56. The molecular formula is C23H17Br3O4. The quantitative estimate of drug-likeness (QED) is 0.301. The van der Waals surface area contributed by atoms with E-state index in [4.69, 9.17) is 14.2 Å². The van der Waals surface area contributed by atoms with Crippen LogP contribution in [0.1, 0.15) is 27.6 Å². The van der Waals surface area contributed by atoms with Gasteiger partial charge >= 0.3 is 0 Å². The van der Waals surface area contributed by atoms with E-state index in [1.54, 1.807) is 13.2 Å². The minimum Gasteiger partial charge on any atom is -0.494 e. The summed E-state index contributed by atoms with van der Waals surface area (Å²) in [4.78, 5) is 12.5. The highest BCUT2D eigenvalue weighted by Crippen LogP contribution is 2.48. The molecule has 0 spiro atoms. The average molecular weight is 597 g/mol. The lowest BCUT2D eigenvalue weighted by Crippen LogP contribution is -2.32. The van der Waals surface area contributed by atoms with E-state index in [0.29, 0.717) is 32.6 Å². The smallest absolute Gasteiger partial charge is 0.184 e. The topological polar surface area (TPSA) is 44.8 Å². The number of ether oxygens (including phenoxy) is 3. The second kappa shape index (κ2) is 9.12. The lowest BCUT2D eigenvalue weighted by atomic mass is 9.96. The van der Waals surface area contributed by atoms with Crippen molar-refractivity contribution >= 4 is 53.6 Å². The Bertz CT molecular complexity index is 1070. The zero-order chi connectivity index (χ0) is 21.3. The van der Waals surface area contributed by atoms with E-state index in [-0.39, 0.29) is 5.78 Å².